The quantitative estimate of drug-likeness (QED) is 0.825. The van der Waals surface area contributed by atoms with Gasteiger partial charge in [0.1, 0.15) is 5.01 Å². The molecule has 0 radical (unpaired) electrons. The van der Waals surface area contributed by atoms with Gasteiger partial charge >= 0.3 is 0 Å². The van der Waals surface area contributed by atoms with Gasteiger partial charge < -0.3 is 5.32 Å². The van der Waals surface area contributed by atoms with E-state index < -0.39 is 12.5 Å². The lowest BCUT2D eigenvalue weighted by Crippen LogP contribution is -2.35. The van der Waals surface area contributed by atoms with E-state index in [1.54, 1.807) is 6.20 Å². The van der Waals surface area contributed by atoms with Gasteiger partial charge in [-0.1, -0.05) is 6.92 Å². The molecule has 0 fully saturated rings. The molecule has 5 heteroatoms. The van der Waals surface area contributed by atoms with E-state index in [2.05, 4.69) is 10.3 Å². The van der Waals surface area contributed by atoms with Gasteiger partial charge in [0.05, 0.1) is 12.1 Å². The van der Waals surface area contributed by atoms with Crippen molar-refractivity contribution in [2.24, 2.45) is 0 Å². The Kier molecular flexibility index (Phi) is 4.41. The predicted octanol–water partition coefficient (Wildman–Crippen LogP) is 2.84. The van der Waals surface area contributed by atoms with Gasteiger partial charge in [-0.3, -0.25) is 0 Å². The zero-order valence-corrected chi connectivity index (χ0v) is 9.02. The van der Waals surface area contributed by atoms with Crippen LogP contribution < -0.4 is 5.32 Å². The summed E-state index contributed by atoms with van der Waals surface area (Å²) in [6.45, 7) is 3.44. The summed E-state index contributed by atoms with van der Waals surface area (Å²) < 4.78 is 24.6. The van der Waals surface area contributed by atoms with Crippen LogP contribution in [0.1, 0.15) is 31.3 Å². The van der Waals surface area contributed by atoms with E-state index in [9.17, 15) is 8.78 Å². The van der Waals surface area contributed by atoms with Crippen molar-refractivity contribution in [3.05, 3.63) is 16.6 Å². The lowest BCUT2D eigenvalue weighted by Gasteiger charge is -2.19. The molecule has 0 spiro atoms. The van der Waals surface area contributed by atoms with Crippen molar-refractivity contribution < 1.29 is 8.78 Å². The number of alkyl halides is 2. The molecule has 0 saturated heterocycles. The summed E-state index contributed by atoms with van der Waals surface area (Å²) in [7, 11) is 0. The Morgan fingerprint density at radius 2 is 2.29 bits per heavy atom. The Hall–Kier alpha value is -0.550. The first-order valence-electron chi connectivity index (χ1n) is 4.58. The molecule has 0 saturated carbocycles. The Morgan fingerprint density at radius 3 is 2.71 bits per heavy atom. The first-order valence-corrected chi connectivity index (χ1v) is 5.46. The van der Waals surface area contributed by atoms with Crippen LogP contribution in [-0.2, 0) is 0 Å². The third kappa shape index (κ3) is 2.99. The fourth-order valence-electron chi connectivity index (χ4n) is 1.16. The molecule has 1 rings (SSSR count). The van der Waals surface area contributed by atoms with E-state index in [0.717, 1.165) is 11.4 Å². The Labute approximate surface area is 86.4 Å². The van der Waals surface area contributed by atoms with Gasteiger partial charge in [0, 0.05) is 11.6 Å². The Bertz CT molecular complexity index is 251. The monoisotopic (exact) mass is 220 g/mol. The maximum Gasteiger partial charge on any atom is 0.253 e. The molecule has 1 aromatic rings. The van der Waals surface area contributed by atoms with Crippen molar-refractivity contribution in [3.8, 4) is 0 Å². The normalized spacial score (nSPS) is 15.8. The maximum atomic E-state index is 12.3. The summed E-state index contributed by atoms with van der Waals surface area (Å²) in [5.41, 5.74) is 0. The second-order valence-corrected chi connectivity index (χ2v) is 4.05. The van der Waals surface area contributed by atoms with E-state index in [1.165, 1.54) is 18.3 Å². The smallest absolute Gasteiger partial charge is 0.253 e. The third-order valence-electron chi connectivity index (χ3n) is 2.00. The van der Waals surface area contributed by atoms with Crippen molar-refractivity contribution in [3.63, 3.8) is 0 Å². The predicted molar refractivity (Wildman–Crippen MR) is 53.7 cm³/mol. The van der Waals surface area contributed by atoms with Crippen LogP contribution in [0.5, 0.6) is 0 Å². The fourth-order valence-corrected chi connectivity index (χ4v) is 1.94. The molecular formula is C9H14F2N2S. The molecule has 2 nitrogen and oxygen atoms in total. The van der Waals surface area contributed by atoms with Crippen LogP contribution >= 0.6 is 11.3 Å². The topological polar surface area (TPSA) is 24.9 Å². The molecule has 2 atom stereocenters. The minimum atomic E-state index is -2.33. The molecule has 14 heavy (non-hydrogen) atoms. The minimum absolute atomic E-state index is 0.0565. The molecule has 0 aliphatic rings. The van der Waals surface area contributed by atoms with Crippen LogP contribution in [0.15, 0.2) is 11.6 Å². The summed E-state index contributed by atoms with van der Waals surface area (Å²) >= 11 is 1.49. The fraction of sp³-hybridized carbons (Fsp3) is 0.667. The second-order valence-electron chi connectivity index (χ2n) is 3.12. The van der Waals surface area contributed by atoms with Crippen LogP contribution in [0.4, 0.5) is 8.78 Å². The van der Waals surface area contributed by atoms with Crippen LogP contribution in [0.3, 0.4) is 0 Å². The van der Waals surface area contributed by atoms with Gasteiger partial charge in [-0.05, 0) is 13.3 Å². The van der Waals surface area contributed by atoms with Crippen molar-refractivity contribution in [2.75, 3.05) is 0 Å². The second kappa shape index (κ2) is 5.36. The van der Waals surface area contributed by atoms with Crippen LogP contribution in [-0.4, -0.2) is 17.5 Å². The van der Waals surface area contributed by atoms with E-state index >= 15 is 0 Å². The summed E-state index contributed by atoms with van der Waals surface area (Å²) in [4.78, 5) is 4.11. The van der Waals surface area contributed by atoms with Gasteiger partial charge in [0.15, 0.2) is 0 Å². The standard InChI is InChI=1S/C9H14F2N2S/c1-3-7(9-12-4-5-14-9)13-6(2)8(10)11/h4-8,13H,3H2,1-2H3. The van der Waals surface area contributed by atoms with Crippen LogP contribution in [0, 0.1) is 0 Å². The number of thiazole rings is 1. The number of hydrogen-bond donors (Lipinski definition) is 1. The summed E-state index contributed by atoms with van der Waals surface area (Å²) in [6.07, 6.45) is 0.131. The molecule has 0 aliphatic heterocycles. The molecule has 0 aliphatic carbocycles. The van der Waals surface area contributed by atoms with Crippen LogP contribution in [0.25, 0.3) is 0 Å². The molecule has 0 bridgehead atoms. The molecule has 1 heterocycles. The number of aromatic nitrogens is 1. The molecular weight excluding hydrogens is 206 g/mol. The molecule has 1 aromatic heterocycles. The zero-order valence-electron chi connectivity index (χ0n) is 8.21. The highest BCUT2D eigenvalue weighted by atomic mass is 32.1. The molecule has 2 unspecified atom stereocenters. The number of nitrogens with zero attached hydrogens (tertiary/aromatic N) is 1. The number of hydrogen-bond acceptors (Lipinski definition) is 3. The van der Waals surface area contributed by atoms with Gasteiger partial charge in [0.25, 0.3) is 6.43 Å². The van der Waals surface area contributed by atoms with E-state index in [0.29, 0.717) is 0 Å². The number of rotatable bonds is 5. The van der Waals surface area contributed by atoms with E-state index in [1.807, 2.05) is 12.3 Å². The zero-order chi connectivity index (χ0) is 10.6. The van der Waals surface area contributed by atoms with Gasteiger partial charge in [-0.25, -0.2) is 13.8 Å². The summed E-state index contributed by atoms with van der Waals surface area (Å²) in [5.74, 6) is 0. The SMILES string of the molecule is CCC(NC(C)C(F)F)c1nccs1. The molecule has 80 valence electrons. The van der Waals surface area contributed by atoms with Crippen molar-refractivity contribution in [1.82, 2.24) is 10.3 Å². The third-order valence-corrected chi connectivity index (χ3v) is 2.89. The highest BCUT2D eigenvalue weighted by Crippen LogP contribution is 2.20. The molecule has 0 amide bonds. The Balaban J connectivity index is 2.56. The minimum Gasteiger partial charge on any atom is -0.300 e. The van der Waals surface area contributed by atoms with Crippen LogP contribution in [0.2, 0.25) is 0 Å². The highest BCUT2D eigenvalue weighted by Gasteiger charge is 2.20. The Morgan fingerprint density at radius 1 is 1.57 bits per heavy atom. The van der Waals surface area contributed by atoms with Gasteiger partial charge in [0.2, 0.25) is 0 Å². The highest BCUT2D eigenvalue weighted by molar-refractivity contribution is 7.09. The lowest BCUT2D eigenvalue weighted by atomic mass is 10.2. The van der Waals surface area contributed by atoms with Crippen molar-refractivity contribution in [1.29, 1.82) is 0 Å². The molecule has 1 N–H and O–H groups in total. The maximum absolute atomic E-state index is 12.3. The lowest BCUT2D eigenvalue weighted by molar-refractivity contribution is 0.0994. The first kappa shape index (κ1) is 11.5. The number of nitrogens with one attached hydrogen (secondary N) is 1. The van der Waals surface area contributed by atoms with Gasteiger partial charge in [-0.2, -0.15) is 0 Å². The van der Waals surface area contributed by atoms with Crippen molar-refractivity contribution in [2.45, 2.75) is 38.8 Å². The van der Waals surface area contributed by atoms with E-state index in [-0.39, 0.29) is 6.04 Å². The average molecular weight is 220 g/mol. The van der Waals surface area contributed by atoms with E-state index in [4.69, 9.17) is 0 Å². The largest absolute Gasteiger partial charge is 0.300 e. The van der Waals surface area contributed by atoms with Crippen molar-refractivity contribution >= 4 is 11.3 Å². The van der Waals surface area contributed by atoms with Gasteiger partial charge in [-0.15, -0.1) is 11.3 Å². The molecule has 0 aromatic carbocycles. The number of halogens is 2. The summed E-state index contributed by atoms with van der Waals surface area (Å²) in [6, 6.07) is -0.845. The first-order chi connectivity index (χ1) is 6.65. The average Bonchev–Trinajstić information content (AvgIpc) is 2.66. The summed E-state index contributed by atoms with van der Waals surface area (Å²) in [5, 5.41) is 5.60.